The molecule has 1 aromatic heterocycles. The average molecular weight is 374 g/mol. The van der Waals surface area contributed by atoms with Crippen molar-refractivity contribution in [2.75, 3.05) is 20.8 Å². The van der Waals surface area contributed by atoms with Crippen LogP contribution in [-0.4, -0.2) is 32.6 Å². The number of furan rings is 1. The number of aliphatic imine (C=N–C) groups is 1. The molecule has 0 fully saturated rings. The number of nitrogens with zero attached hydrogens (tertiary/aromatic N) is 1. The van der Waals surface area contributed by atoms with Gasteiger partial charge in [-0.1, -0.05) is 0 Å². The molecule has 2 rings (SSSR count). The molecule has 27 heavy (non-hydrogen) atoms. The molecule has 146 valence electrons. The largest absolute Gasteiger partial charge is 0.497 e. The van der Waals surface area contributed by atoms with E-state index in [1.807, 2.05) is 32.0 Å². The van der Waals surface area contributed by atoms with Gasteiger partial charge in [0.15, 0.2) is 11.7 Å². The highest BCUT2D eigenvalue weighted by molar-refractivity contribution is 5.89. The van der Waals surface area contributed by atoms with Crippen LogP contribution in [0.1, 0.15) is 41.8 Å². The summed E-state index contributed by atoms with van der Waals surface area (Å²) in [5.41, 5.74) is 6.14. The highest BCUT2D eigenvalue weighted by Crippen LogP contribution is 2.29. The van der Waals surface area contributed by atoms with Crippen molar-refractivity contribution in [3.63, 3.8) is 0 Å². The van der Waals surface area contributed by atoms with Crippen LogP contribution in [-0.2, 0) is 6.54 Å². The van der Waals surface area contributed by atoms with E-state index >= 15 is 0 Å². The molecule has 8 heteroatoms. The van der Waals surface area contributed by atoms with Gasteiger partial charge >= 0.3 is 0 Å². The second kappa shape index (κ2) is 9.51. The van der Waals surface area contributed by atoms with Gasteiger partial charge in [0.25, 0.3) is 5.91 Å². The van der Waals surface area contributed by atoms with Crippen LogP contribution in [0.25, 0.3) is 0 Å². The summed E-state index contributed by atoms with van der Waals surface area (Å²) in [4.78, 5) is 15.6. The van der Waals surface area contributed by atoms with Crippen molar-refractivity contribution in [1.82, 2.24) is 10.6 Å². The number of guanidine groups is 1. The van der Waals surface area contributed by atoms with Crippen LogP contribution in [0, 0.1) is 0 Å². The molecule has 0 spiro atoms. The highest BCUT2D eigenvalue weighted by Gasteiger charge is 2.14. The Balaban J connectivity index is 2.15. The SMILES string of the molecule is CCNC(=NCc1ccc(C(N)=O)o1)NC(C)c1cc(OC)ccc1OC. The number of nitrogens with one attached hydrogen (secondary N) is 2. The summed E-state index contributed by atoms with van der Waals surface area (Å²) in [6.07, 6.45) is 0. The third-order valence-electron chi connectivity index (χ3n) is 3.90. The van der Waals surface area contributed by atoms with Crippen molar-refractivity contribution in [3.8, 4) is 11.5 Å². The normalized spacial score (nSPS) is 12.4. The molecule has 0 aliphatic heterocycles. The lowest BCUT2D eigenvalue weighted by molar-refractivity contribution is 0.0972. The van der Waals surface area contributed by atoms with E-state index in [0.29, 0.717) is 18.3 Å². The van der Waals surface area contributed by atoms with Gasteiger partial charge in [-0.15, -0.1) is 0 Å². The third-order valence-corrected chi connectivity index (χ3v) is 3.90. The molecule has 8 nitrogen and oxygen atoms in total. The lowest BCUT2D eigenvalue weighted by atomic mass is 10.1. The number of hydrogen-bond acceptors (Lipinski definition) is 5. The number of hydrogen-bond donors (Lipinski definition) is 3. The number of methoxy groups -OCH3 is 2. The monoisotopic (exact) mass is 374 g/mol. The lowest BCUT2D eigenvalue weighted by Gasteiger charge is -2.20. The summed E-state index contributed by atoms with van der Waals surface area (Å²) in [5, 5.41) is 6.51. The second-order valence-corrected chi connectivity index (χ2v) is 5.80. The summed E-state index contributed by atoms with van der Waals surface area (Å²) in [6, 6.07) is 8.77. The van der Waals surface area contributed by atoms with Crippen molar-refractivity contribution < 1.29 is 18.7 Å². The minimum atomic E-state index is -0.603. The fraction of sp³-hybridized carbons (Fsp3) is 0.368. The highest BCUT2D eigenvalue weighted by atomic mass is 16.5. The van der Waals surface area contributed by atoms with Crippen molar-refractivity contribution in [2.45, 2.75) is 26.4 Å². The smallest absolute Gasteiger partial charge is 0.284 e. The maximum absolute atomic E-state index is 11.1. The van der Waals surface area contributed by atoms with Crippen LogP contribution in [0.2, 0.25) is 0 Å². The Morgan fingerprint density at radius 2 is 2.04 bits per heavy atom. The molecule has 0 radical (unpaired) electrons. The zero-order valence-electron chi connectivity index (χ0n) is 16.0. The van der Waals surface area contributed by atoms with Crippen molar-refractivity contribution in [2.24, 2.45) is 10.7 Å². The molecule has 4 N–H and O–H groups in total. The summed E-state index contributed by atoms with van der Waals surface area (Å²) in [5.74, 6) is 2.17. The molecular formula is C19H26N4O4. The van der Waals surface area contributed by atoms with Gasteiger partial charge in [0.2, 0.25) is 0 Å². The van der Waals surface area contributed by atoms with Gasteiger partial charge in [-0.3, -0.25) is 4.79 Å². The van der Waals surface area contributed by atoms with Crippen molar-refractivity contribution in [1.29, 1.82) is 0 Å². The Hall–Kier alpha value is -3.16. The number of amides is 1. The van der Waals surface area contributed by atoms with Crippen LogP contribution >= 0.6 is 0 Å². The number of rotatable bonds is 8. The summed E-state index contributed by atoms with van der Waals surface area (Å²) < 4.78 is 16.1. The predicted octanol–water partition coefficient (Wildman–Crippen LogP) is 2.21. The quantitative estimate of drug-likeness (QED) is 0.483. The van der Waals surface area contributed by atoms with Gasteiger partial charge in [0.05, 0.1) is 20.3 Å². The lowest BCUT2D eigenvalue weighted by Crippen LogP contribution is -2.38. The summed E-state index contributed by atoms with van der Waals surface area (Å²) >= 11 is 0. The number of carbonyl (C=O) groups excluding carboxylic acids is 1. The molecule has 1 heterocycles. The van der Waals surface area contributed by atoms with Gasteiger partial charge in [-0.05, 0) is 44.2 Å². The number of benzene rings is 1. The Morgan fingerprint density at radius 1 is 1.26 bits per heavy atom. The van der Waals surface area contributed by atoms with E-state index in [1.165, 1.54) is 6.07 Å². The fourth-order valence-electron chi connectivity index (χ4n) is 2.53. The predicted molar refractivity (Wildman–Crippen MR) is 103 cm³/mol. The minimum Gasteiger partial charge on any atom is -0.497 e. The average Bonchev–Trinajstić information content (AvgIpc) is 3.15. The van der Waals surface area contributed by atoms with Crippen LogP contribution < -0.4 is 25.8 Å². The van der Waals surface area contributed by atoms with E-state index in [9.17, 15) is 4.79 Å². The molecule has 0 aliphatic rings. The Labute approximate surface area is 158 Å². The molecule has 1 amide bonds. The summed E-state index contributed by atoms with van der Waals surface area (Å²) in [7, 11) is 3.25. The molecule has 0 aliphatic carbocycles. The molecule has 1 aromatic carbocycles. The number of ether oxygens (including phenoxy) is 2. The van der Waals surface area contributed by atoms with Crippen LogP contribution in [0.5, 0.6) is 11.5 Å². The van der Waals surface area contributed by atoms with Crippen LogP contribution in [0.3, 0.4) is 0 Å². The van der Waals surface area contributed by atoms with Crippen LogP contribution in [0.4, 0.5) is 0 Å². The Bertz CT molecular complexity index is 801. The molecule has 1 unspecified atom stereocenters. The Morgan fingerprint density at radius 3 is 2.63 bits per heavy atom. The maximum Gasteiger partial charge on any atom is 0.284 e. The van der Waals surface area contributed by atoms with E-state index in [-0.39, 0.29) is 18.3 Å². The van der Waals surface area contributed by atoms with E-state index in [2.05, 4.69) is 15.6 Å². The van der Waals surface area contributed by atoms with Gasteiger partial charge < -0.3 is 30.3 Å². The molecule has 0 saturated carbocycles. The summed E-state index contributed by atoms with van der Waals surface area (Å²) in [6.45, 7) is 4.94. The fourth-order valence-corrected chi connectivity index (χ4v) is 2.53. The topological polar surface area (TPSA) is 111 Å². The molecule has 2 aromatic rings. The second-order valence-electron chi connectivity index (χ2n) is 5.80. The standard InChI is InChI=1S/C19H26N4O4/c1-5-21-19(22-11-14-7-9-17(27-14)18(20)24)23-12(2)15-10-13(25-3)6-8-16(15)26-4/h6-10,12H,5,11H2,1-4H3,(H2,20,24)(H2,21,22,23). The van der Waals surface area contributed by atoms with Gasteiger partial charge in [-0.25, -0.2) is 4.99 Å². The number of primary amides is 1. The van der Waals surface area contributed by atoms with Crippen molar-refractivity contribution >= 4 is 11.9 Å². The van der Waals surface area contributed by atoms with Gasteiger partial charge in [0.1, 0.15) is 23.8 Å². The third kappa shape index (κ3) is 5.40. The number of carbonyl (C=O) groups is 1. The Kier molecular flexibility index (Phi) is 7.10. The zero-order chi connectivity index (χ0) is 19.8. The first-order valence-corrected chi connectivity index (χ1v) is 8.63. The molecule has 1 atom stereocenters. The maximum atomic E-state index is 11.1. The van der Waals surface area contributed by atoms with E-state index in [0.717, 1.165) is 17.1 Å². The minimum absolute atomic E-state index is 0.0920. The van der Waals surface area contributed by atoms with Gasteiger partial charge in [0, 0.05) is 12.1 Å². The van der Waals surface area contributed by atoms with E-state index in [1.54, 1.807) is 20.3 Å². The molecule has 0 saturated heterocycles. The first-order valence-electron chi connectivity index (χ1n) is 8.63. The molecule has 0 bridgehead atoms. The van der Waals surface area contributed by atoms with E-state index in [4.69, 9.17) is 19.6 Å². The first kappa shape index (κ1) is 20.2. The zero-order valence-corrected chi connectivity index (χ0v) is 16.0. The van der Waals surface area contributed by atoms with Crippen molar-refractivity contribution in [3.05, 3.63) is 47.4 Å². The first-order chi connectivity index (χ1) is 13.0. The number of nitrogens with two attached hydrogens (primary N) is 1. The van der Waals surface area contributed by atoms with E-state index < -0.39 is 5.91 Å². The van der Waals surface area contributed by atoms with Crippen LogP contribution in [0.15, 0.2) is 39.7 Å². The molecular weight excluding hydrogens is 348 g/mol. The van der Waals surface area contributed by atoms with Gasteiger partial charge in [-0.2, -0.15) is 0 Å².